The van der Waals surface area contributed by atoms with Crippen LogP contribution in [0.4, 0.5) is 5.69 Å². The lowest BCUT2D eigenvalue weighted by Crippen LogP contribution is -2.37. The van der Waals surface area contributed by atoms with E-state index in [1.54, 1.807) is 23.9 Å². The average Bonchev–Trinajstić information content (AvgIpc) is 2.28. The Labute approximate surface area is 111 Å². The Balaban J connectivity index is 2.65. The number of anilines is 1. The zero-order valence-electron chi connectivity index (χ0n) is 10.9. The lowest BCUT2D eigenvalue weighted by Gasteiger charge is -2.27. The second-order valence-corrected chi connectivity index (χ2v) is 5.95. The molecule has 0 radical (unpaired) electrons. The molecule has 1 aromatic heterocycles. The number of rotatable bonds is 3. The Hall–Kier alpha value is -1.42. The van der Waals surface area contributed by atoms with Gasteiger partial charge < -0.3 is 10.3 Å². The summed E-state index contributed by atoms with van der Waals surface area (Å²) >= 11 is 1.74. The van der Waals surface area contributed by atoms with Gasteiger partial charge in [-0.1, -0.05) is 0 Å². The van der Waals surface area contributed by atoms with Gasteiger partial charge in [-0.25, -0.2) is 0 Å². The molecule has 0 aliphatic rings. The maximum absolute atomic E-state index is 12.5. The fourth-order valence-corrected chi connectivity index (χ4v) is 3.01. The van der Waals surface area contributed by atoms with Crippen LogP contribution in [0.5, 0.6) is 0 Å². The van der Waals surface area contributed by atoms with Crippen molar-refractivity contribution >= 4 is 28.2 Å². The Morgan fingerprint density at radius 1 is 1.33 bits per heavy atom. The molecule has 0 aliphatic heterocycles. The standard InChI is InChI=1S/C14H18N2OS/c1-14(2,9-18-3)16-7-6-10-8-11(15)4-5-12(10)13(16)17/h4-8H,9,15H2,1-3H3. The quantitative estimate of drug-likeness (QED) is 0.865. The highest BCUT2D eigenvalue weighted by molar-refractivity contribution is 7.98. The molecule has 0 unspecified atom stereocenters. The molecular formula is C14H18N2OS. The maximum atomic E-state index is 12.5. The second-order valence-electron chi connectivity index (χ2n) is 5.08. The molecule has 0 saturated carbocycles. The summed E-state index contributed by atoms with van der Waals surface area (Å²) in [4.78, 5) is 12.5. The summed E-state index contributed by atoms with van der Waals surface area (Å²) in [6.45, 7) is 4.15. The molecule has 0 amide bonds. The number of nitrogens with zero attached hydrogens (tertiary/aromatic N) is 1. The van der Waals surface area contributed by atoms with Crippen molar-refractivity contribution in [3.63, 3.8) is 0 Å². The summed E-state index contributed by atoms with van der Waals surface area (Å²) in [6, 6.07) is 7.37. The Bertz CT molecular complexity index is 631. The number of pyridine rings is 1. The van der Waals surface area contributed by atoms with Crippen LogP contribution in [-0.2, 0) is 5.54 Å². The first-order valence-electron chi connectivity index (χ1n) is 5.86. The Kier molecular flexibility index (Phi) is 3.39. The van der Waals surface area contributed by atoms with E-state index in [1.165, 1.54) is 0 Å². The summed E-state index contributed by atoms with van der Waals surface area (Å²) < 4.78 is 1.81. The molecule has 2 aromatic rings. The number of benzene rings is 1. The lowest BCUT2D eigenvalue weighted by molar-refractivity contribution is 0.395. The van der Waals surface area contributed by atoms with E-state index in [-0.39, 0.29) is 11.1 Å². The van der Waals surface area contributed by atoms with Crippen molar-refractivity contribution in [2.75, 3.05) is 17.7 Å². The van der Waals surface area contributed by atoms with Gasteiger partial charge in [-0.2, -0.15) is 11.8 Å². The largest absolute Gasteiger partial charge is 0.399 e. The van der Waals surface area contributed by atoms with Gasteiger partial charge in [0.1, 0.15) is 0 Å². The number of nitrogen functional groups attached to an aromatic ring is 1. The minimum Gasteiger partial charge on any atom is -0.399 e. The van der Waals surface area contributed by atoms with E-state index < -0.39 is 0 Å². The first kappa shape index (κ1) is 13.0. The van der Waals surface area contributed by atoms with Crippen molar-refractivity contribution in [3.8, 4) is 0 Å². The summed E-state index contributed by atoms with van der Waals surface area (Å²) in [5.74, 6) is 0.896. The van der Waals surface area contributed by atoms with Gasteiger partial charge in [0.2, 0.25) is 0 Å². The van der Waals surface area contributed by atoms with Crippen LogP contribution < -0.4 is 11.3 Å². The first-order valence-corrected chi connectivity index (χ1v) is 7.25. The Morgan fingerprint density at radius 2 is 2.06 bits per heavy atom. The fourth-order valence-electron chi connectivity index (χ4n) is 2.17. The number of thioether (sulfide) groups is 1. The van der Waals surface area contributed by atoms with Crippen LogP contribution in [0.25, 0.3) is 10.8 Å². The molecule has 0 atom stereocenters. The van der Waals surface area contributed by atoms with E-state index in [2.05, 4.69) is 20.1 Å². The molecule has 18 heavy (non-hydrogen) atoms. The van der Waals surface area contributed by atoms with Crippen LogP contribution >= 0.6 is 11.8 Å². The summed E-state index contributed by atoms with van der Waals surface area (Å²) in [7, 11) is 0. The van der Waals surface area contributed by atoms with Gasteiger partial charge in [-0.05, 0) is 49.8 Å². The third-order valence-corrected chi connectivity index (χ3v) is 4.07. The van der Waals surface area contributed by atoms with E-state index in [9.17, 15) is 4.79 Å². The van der Waals surface area contributed by atoms with Gasteiger partial charge >= 0.3 is 0 Å². The molecule has 0 fully saturated rings. The van der Waals surface area contributed by atoms with Crippen molar-refractivity contribution in [2.24, 2.45) is 0 Å². The van der Waals surface area contributed by atoms with Crippen LogP contribution in [0, 0.1) is 0 Å². The highest BCUT2D eigenvalue weighted by Crippen LogP contribution is 2.20. The number of hydrogen-bond acceptors (Lipinski definition) is 3. The molecular weight excluding hydrogens is 244 g/mol. The van der Waals surface area contributed by atoms with Gasteiger partial charge in [0.25, 0.3) is 5.56 Å². The molecule has 1 aromatic carbocycles. The number of fused-ring (bicyclic) bond motifs is 1. The smallest absolute Gasteiger partial charge is 0.258 e. The molecule has 0 saturated heterocycles. The molecule has 1 heterocycles. The molecule has 2 rings (SSSR count). The summed E-state index contributed by atoms with van der Waals surface area (Å²) in [5, 5.41) is 1.62. The van der Waals surface area contributed by atoms with E-state index in [4.69, 9.17) is 5.73 Å². The molecule has 3 nitrogen and oxygen atoms in total. The van der Waals surface area contributed by atoms with Crippen molar-refractivity contribution < 1.29 is 0 Å². The Morgan fingerprint density at radius 3 is 2.72 bits per heavy atom. The van der Waals surface area contributed by atoms with Crippen LogP contribution in [0.15, 0.2) is 35.3 Å². The van der Waals surface area contributed by atoms with Crippen molar-refractivity contribution in [2.45, 2.75) is 19.4 Å². The van der Waals surface area contributed by atoms with Gasteiger partial charge in [0, 0.05) is 23.0 Å². The lowest BCUT2D eigenvalue weighted by atomic mass is 10.1. The number of hydrogen-bond donors (Lipinski definition) is 1. The third-order valence-electron chi connectivity index (χ3n) is 3.08. The van der Waals surface area contributed by atoms with Crippen molar-refractivity contribution in [1.29, 1.82) is 0 Å². The molecule has 96 valence electrons. The topological polar surface area (TPSA) is 48.0 Å². The van der Waals surface area contributed by atoms with Gasteiger partial charge in [-0.15, -0.1) is 0 Å². The molecule has 2 N–H and O–H groups in total. The summed E-state index contributed by atoms with van der Waals surface area (Å²) in [5.41, 5.74) is 6.28. The normalized spacial score (nSPS) is 11.9. The van der Waals surface area contributed by atoms with Crippen molar-refractivity contribution in [3.05, 3.63) is 40.8 Å². The number of aromatic nitrogens is 1. The predicted octanol–water partition coefficient (Wildman–Crippen LogP) is 2.68. The van der Waals surface area contributed by atoms with E-state index in [1.807, 2.05) is 22.9 Å². The molecule has 0 aliphatic carbocycles. The molecule has 4 heteroatoms. The number of nitrogens with two attached hydrogens (primary N) is 1. The van der Waals surface area contributed by atoms with Crippen LogP contribution in [0.2, 0.25) is 0 Å². The fraction of sp³-hybridized carbons (Fsp3) is 0.357. The van der Waals surface area contributed by atoms with Gasteiger partial charge in [0.15, 0.2) is 0 Å². The minimum atomic E-state index is -0.188. The van der Waals surface area contributed by atoms with Crippen molar-refractivity contribution in [1.82, 2.24) is 4.57 Å². The van der Waals surface area contributed by atoms with Gasteiger partial charge in [0.05, 0.1) is 5.54 Å². The zero-order chi connectivity index (χ0) is 13.3. The molecule has 0 bridgehead atoms. The van der Waals surface area contributed by atoms with Crippen LogP contribution in [0.1, 0.15) is 13.8 Å². The first-order chi connectivity index (χ1) is 8.45. The average molecular weight is 262 g/mol. The highest BCUT2D eigenvalue weighted by Gasteiger charge is 2.21. The second kappa shape index (κ2) is 4.69. The van der Waals surface area contributed by atoms with Crippen LogP contribution in [0.3, 0.4) is 0 Å². The minimum absolute atomic E-state index is 0.0477. The highest BCUT2D eigenvalue weighted by atomic mass is 32.2. The monoisotopic (exact) mass is 262 g/mol. The van der Waals surface area contributed by atoms with E-state index in [0.29, 0.717) is 5.69 Å². The van der Waals surface area contributed by atoms with E-state index >= 15 is 0 Å². The zero-order valence-corrected chi connectivity index (χ0v) is 11.8. The third kappa shape index (κ3) is 2.25. The SMILES string of the molecule is CSCC(C)(C)n1ccc2cc(N)ccc2c1=O. The molecule has 0 spiro atoms. The maximum Gasteiger partial charge on any atom is 0.258 e. The predicted molar refractivity (Wildman–Crippen MR) is 80.3 cm³/mol. The van der Waals surface area contributed by atoms with E-state index in [0.717, 1.165) is 16.5 Å². The summed E-state index contributed by atoms with van der Waals surface area (Å²) in [6.07, 6.45) is 3.91. The van der Waals surface area contributed by atoms with Gasteiger partial charge in [-0.3, -0.25) is 4.79 Å². The van der Waals surface area contributed by atoms with Crippen LogP contribution in [-0.4, -0.2) is 16.6 Å².